The van der Waals surface area contributed by atoms with E-state index in [1.54, 1.807) is 30.3 Å². The second kappa shape index (κ2) is 10.9. The van der Waals surface area contributed by atoms with Crippen LogP contribution in [-0.2, 0) is 4.79 Å². The summed E-state index contributed by atoms with van der Waals surface area (Å²) in [6.07, 6.45) is 6.03. The monoisotopic (exact) mass is 508 g/mol. The van der Waals surface area contributed by atoms with E-state index in [1.807, 2.05) is 21.9 Å². The van der Waals surface area contributed by atoms with Crippen LogP contribution in [0.2, 0.25) is 5.02 Å². The molecule has 0 aromatic heterocycles. The summed E-state index contributed by atoms with van der Waals surface area (Å²) >= 11 is 6.21. The molecule has 1 aliphatic carbocycles. The van der Waals surface area contributed by atoms with Crippen molar-refractivity contribution in [3.63, 3.8) is 0 Å². The van der Waals surface area contributed by atoms with Crippen molar-refractivity contribution in [2.24, 2.45) is 5.92 Å². The van der Waals surface area contributed by atoms with Gasteiger partial charge < -0.3 is 20.0 Å². The van der Waals surface area contributed by atoms with E-state index in [0.29, 0.717) is 34.9 Å². The Morgan fingerprint density at radius 3 is 2.28 bits per heavy atom. The summed E-state index contributed by atoms with van der Waals surface area (Å²) in [5.41, 5.74) is 2.40. The minimum Gasteiger partial charge on any atom is -0.369 e. The highest BCUT2D eigenvalue weighted by Crippen LogP contribution is 2.32. The Morgan fingerprint density at radius 2 is 1.53 bits per heavy atom. The van der Waals surface area contributed by atoms with E-state index in [-0.39, 0.29) is 23.6 Å². The van der Waals surface area contributed by atoms with Crippen LogP contribution in [-0.4, -0.2) is 66.8 Å². The first-order valence-electron chi connectivity index (χ1n) is 13.0. The second-order valence-corrected chi connectivity index (χ2v) is 10.4. The molecule has 0 atom stereocenters. The largest absolute Gasteiger partial charge is 0.369 e. The van der Waals surface area contributed by atoms with Crippen LogP contribution in [0.15, 0.2) is 42.5 Å². The van der Waals surface area contributed by atoms with Gasteiger partial charge in [-0.1, -0.05) is 23.7 Å². The predicted molar refractivity (Wildman–Crippen MR) is 142 cm³/mol. The van der Waals surface area contributed by atoms with E-state index in [1.165, 1.54) is 0 Å². The molecule has 3 aliphatic rings. The highest BCUT2D eigenvalue weighted by Gasteiger charge is 2.34. The number of benzene rings is 2. The molecule has 190 valence electrons. The summed E-state index contributed by atoms with van der Waals surface area (Å²) in [7, 11) is 0. The average Bonchev–Trinajstić information content (AvgIpc) is 3.76. The van der Waals surface area contributed by atoms with Crippen LogP contribution in [0.25, 0.3) is 0 Å². The summed E-state index contributed by atoms with van der Waals surface area (Å²) in [5.74, 6) is 0.176. The Morgan fingerprint density at radius 1 is 0.778 bits per heavy atom. The first-order chi connectivity index (χ1) is 17.5. The third kappa shape index (κ3) is 5.51. The molecular weight excluding hydrogens is 476 g/mol. The normalized spacial score (nSPS) is 18.5. The summed E-state index contributed by atoms with van der Waals surface area (Å²) < 4.78 is 0. The van der Waals surface area contributed by atoms with Gasteiger partial charge in [0.2, 0.25) is 5.91 Å². The number of halogens is 1. The van der Waals surface area contributed by atoms with Crippen molar-refractivity contribution in [2.45, 2.75) is 38.5 Å². The molecule has 7 nitrogen and oxygen atoms in total. The molecule has 2 aromatic carbocycles. The lowest BCUT2D eigenvalue weighted by molar-refractivity contribution is -0.132. The van der Waals surface area contributed by atoms with Crippen LogP contribution in [0.1, 0.15) is 59.2 Å². The SMILES string of the molecule is O=C(Nc1ccc(N2CCCN(C(=O)C3CC3)CC2)c(C(=O)N2CCCCC2)c1)c1ccccc1Cl. The van der Waals surface area contributed by atoms with Gasteiger partial charge in [0.15, 0.2) is 0 Å². The highest BCUT2D eigenvalue weighted by atomic mass is 35.5. The van der Waals surface area contributed by atoms with E-state index in [4.69, 9.17) is 11.6 Å². The lowest BCUT2D eigenvalue weighted by Gasteiger charge is -2.30. The van der Waals surface area contributed by atoms with Crippen molar-refractivity contribution in [3.8, 4) is 0 Å². The quantitative estimate of drug-likeness (QED) is 0.637. The van der Waals surface area contributed by atoms with Gasteiger partial charge in [0.05, 0.1) is 16.1 Å². The van der Waals surface area contributed by atoms with E-state index in [2.05, 4.69) is 10.2 Å². The maximum Gasteiger partial charge on any atom is 0.257 e. The summed E-state index contributed by atoms with van der Waals surface area (Å²) in [6.45, 7) is 4.38. The summed E-state index contributed by atoms with van der Waals surface area (Å²) in [5, 5.41) is 3.30. The molecule has 36 heavy (non-hydrogen) atoms. The Kier molecular flexibility index (Phi) is 7.46. The van der Waals surface area contributed by atoms with Crippen molar-refractivity contribution in [2.75, 3.05) is 49.5 Å². The molecule has 5 rings (SSSR count). The molecule has 0 spiro atoms. The van der Waals surface area contributed by atoms with Crippen molar-refractivity contribution in [1.29, 1.82) is 0 Å². The summed E-state index contributed by atoms with van der Waals surface area (Å²) in [6, 6.07) is 12.5. The van der Waals surface area contributed by atoms with Gasteiger partial charge in [-0.15, -0.1) is 0 Å². The molecule has 8 heteroatoms. The molecule has 0 bridgehead atoms. The van der Waals surface area contributed by atoms with E-state index in [9.17, 15) is 14.4 Å². The van der Waals surface area contributed by atoms with Gasteiger partial charge in [0, 0.05) is 56.6 Å². The zero-order chi connectivity index (χ0) is 25.1. The minimum atomic E-state index is -0.311. The molecule has 0 radical (unpaired) electrons. The highest BCUT2D eigenvalue weighted by molar-refractivity contribution is 6.34. The molecule has 3 fully saturated rings. The van der Waals surface area contributed by atoms with Crippen molar-refractivity contribution in [3.05, 3.63) is 58.6 Å². The standard InChI is InChI=1S/C28H33ClN4O3/c29-24-8-3-2-7-22(24)26(34)30-21-11-12-25(23(19-21)28(36)32-13-4-1-5-14-32)31-15-6-16-33(18-17-31)27(35)20-9-10-20/h2-3,7-8,11-12,19-20H,1,4-6,9-10,13-18H2,(H,30,34). The van der Waals surface area contributed by atoms with Crippen LogP contribution in [0.3, 0.4) is 0 Å². The number of carbonyl (C=O) groups is 3. The van der Waals surface area contributed by atoms with Crippen molar-refractivity contribution >= 4 is 40.7 Å². The van der Waals surface area contributed by atoms with E-state index < -0.39 is 0 Å². The molecule has 2 saturated heterocycles. The van der Waals surface area contributed by atoms with Gasteiger partial charge >= 0.3 is 0 Å². The topological polar surface area (TPSA) is 73.0 Å². The predicted octanol–water partition coefficient (Wildman–Crippen LogP) is 4.67. The number of nitrogens with zero attached hydrogens (tertiary/aromatic N) is 3. The molecule has 2 heterocycles. The lowest BCUT2D eigenvalue weighted by atomic mass is 10.1. The summed E-state index contributed by atoms with van der Waals surface area (Å²) in [4.78, 5) is 45.3. The Balaban J connectivity index is 1.40. The first-order valence-corrected chi connectivity index (χ1v) is 13.4. The van der Waals surface area contributed by atoms with Gasteiger partial charge in [-0.05, 0) is 68.9 Å². The number of nitrogens with one attached hydrogen (secondary N) is 1. The van der Waals surface area contributed by atoms with Crippen LogP contribution >= 0.6 is 11.6 Å². The third-order valence-corrected chi connectivity index (χ3v) is 7.65. The average molecular weight is 509 g/mol. The number of piperidine rings is 1. The number of anilines is 2. The van der Waals surface area contributed by atoms with Gasteiger partial charge in [0.1, 0.15) is 0 Å². The smallest absolute Gasteiger partial charge is 0.257 e. The van der Waals surface area contributed by atoms with Crippen molar-refractivity contribution in [1.82, 2.24) is 9.80 Å². The second-order valence-electron chi connectivity index (χ2n) is 9.96. The molecule has 1 N–H and O–H groups in total. The molecule has 3 amide bonds. The number of rotatable bonds is 5. The van der Waals surface area contributed by atoms with E-state index >= 15 is 0 Å². The molecule has 0 unspecified atom stereocenters. The van der Waals surface area contributed by atoms with Crippen molar-refractivity contribution < 1.29 is 14.4 Å². The first kappa shape index (κ1) is 24.6. The number of hydrogen-bond donors (Lipinski definition) is 1. The maximum atomic E-state index is 13.7. The Hall–Kier alpha value is -3.06. The third-order valence-electron chi connectivity index (χ3n) is 7.32. The lowest BCUT2D eigenvalue weighted by Crippen LogP contribution is -2.38. The Bertz CT molecular complexity index is 1140. The van der Waals surface area contributed by atoms with Gasteiger partial charge in [0.25, 0.3) is 11.8 Å². The molecular formula is C28H33ClN4O3. The number of hydrogen-bond acceptors (Lipinski definition) is 4. The molecule has 1 saturated carbocycles. The van der Waals surface area contributed by atoms with E-state index in [0.717, 1.165) is 70.4 Å². The van der Waals surface area contributed by atoms with Crippen LogP contribution in [0, 0.1) is 5.92 Å². The fourth-order valence-corrected chi connectivity index (χ4v) is 5.36. The van der Waals surface area contributed by atoms with Gasteiger partial charge in [-0.3, -0.25) is 14.4 Å². The van der Waals surface area contributed by atoms with Crippen LogP contribution in [0.4, 0.5) is 11.4 Å². The van der Waals surface area contributed by atoms with Gasteiger partial charge in [-0.25, -0.2) is 0 Å². The molecule has 2 aromatic rings. The zero-order valence-electron chi connectivity index (χ0n) is 20.5. The molecule has 2 aliphatic heterocycles. The number of amides is 3. The number of likely N-dealkylation sites (tertiary alicyclic amines) is 1. The Labute approximate surface area is 217 Å². The zero-order valence-corrected chi connectivity index (χ0v) is 21.3. The number of carbonyl (C=O) groups excluding carboxylic acids is 3. The maximum absolute atomic E-state index is 13.7. The van der Waals surface area contributed by atoms with Crippen LogP contribution in [0.5, 0.6) is 0 Å². The fourth-order valence-electron chi connectivity index (χ4n) is 5.14. The fraction of sp³-hybridized carbons (Fsp3) is 0.464. The van der Waals surface area contributed by atoms with Gasteiger partial charge in [-0.2, -0.15) is 0 Å². The van der Waals surface area contributed by atoms with Crippen LogP contribution < -0.4 is 10.2 Å². The minimum absolute atomic E-state index is 0.00583.